The van der Waals surface area contributed by atoms with Gasteiger partial charge in [-0.25, -0.2) is 0 Å². The maximum Gasteiger partial charge on any atom is 0.242 e. The molecule has 2 fully saturated rings. The topological polar surface area (TPSA) is 35.6 Å². The predicted octanol–water partition coefficient (Wildman–Crippen LogP) is 0.683. The molecule has 17 heavy (non-hydrogen) atoms. The summed E-state index contributed by atoms with van der Waals surface area (Å²) in [7, 11) is 4.07. The van der Waals surface area contributed by atoms with Crippen molar-refractivity contribution in [3.8, 4) is 0 Å². The Kier molecular flexibility index (Phi) is 4.05. The number of hydrogen-bond donors (Lipinski definition) is 1. The maximum atomic E-state index is 12.7. The van der Waals surface area contributed by atoms with Crippen LogP contribution in [0.5, 0.6) is 0 Å². The van der Waals surface area contributed by atoms with E-state index >= 15 is 0 Å². The Labute approximate surface area is 104 Å². The van der Waals surface area contributed by atoms with E-state index in [-0.39, 0.29) is 5.54 Å². The second kappa shape index (κ2) is 5.36. The molecule has 1 amide bonds. The molecule has 0 bridgehead atoms. The lowest BCUT2D eigenvalue weighted by atomic mass is 9.80. The van der Waals surface area contributed by atoms with E-state index in [1.54, 1.807) is 0 Å². The highest BCUT2D eigenvalue weighted by Crippen LogP contribution is 2.29. The maximum absolute atomic E-state index is 12.7. The summed E-state index contributed by atoms with van der Waals surface area (Å²) in [6, 6.07) is 0. The summed E-state index contributed by atoms with van der Waals surface area (Å²) in [5.41, 5.74) is -0.256. The van der Waals surface area contributed by atoms with Crippen molar-refractivity contribution in [3.63, 3.8) is 0 Å². The lowest BCUT2D eigenvalue weighted by Crippen LogP contribution is -2.60. The first kappa shape index (κ1) is 12.8. The van der Waals surface area contributed by atoms with Crippen LogP contribution >= 0.6 is 0 Å². The van der Waals surface area contributed by atoms with Gasteiger partial charge in [-0.15, -0.1) is 0 Å². The van der Waals surface area contributed by atoms with Crippen LogP contribution in [-0.4, -0.2) is 61.5 Å². The molecule has 1 heterocycles. The minimum absolute atomic E-state index is 0.256. The molecule has 4 heteroatoms. The standard InChI is InChI=1S/C13H25N3O/c1-14-13(6-4-3-5-7-13)12(17)16-10-8-15(2)9-11-16/h14H,3-11H2,1-2H3. The molecule has 0 atom stereocenters. The zero-order valence-corrected chi connectivity index (χ0v) is 11.2. The highest BCUT2D eigenvalue weighted by molar-refractivity contribution is 5.86. The highest BCUT2D eigenvalue weighted by Gasteiger charge is 2.40. The third kappa shape index (κ3) is 2.63. The fraction of sp³-hybridized carbons (Fsp3) is 0.923. The van der Waals surface area contributed by atoms with Gasteiger partial charge in [0, 0.05) is 26.2 Å². The monoisotopic (exact) mass is 239 g/mol. The first-order chi connectivity index (χ1) is 8.18. The second-order valence-electron chi connectivity index (χ2n) is 5.49. The quantitative estimate of drug-likeness (QED) is 0.770. The molecule has 0 spiro atoms. The van der Waals surface area contributed by atoms with Gasteiger partial charge in [-0.1, -0.05) is 19.3 Å². The van der Waals surface area contributed by atoms with Gasteiger partial charge in [0.05, 0.1) is 5.54 Å². The summed E-state index contributed by atoms with van der Waals surface area (Å²) in [6.07, 6.45) is 5.66. The summed E-state index contributed by atoms with van der Waals surface area (Å²) in [5.74, 6) is 0.341. The van der Waals surface area contributed by atoms with Crippen molar-refractivity contribution in [2.75, 3.05) is 40.3 Å². The molecule has 0 radical (unpaired) electrons. The fourth-order valence-corrected chi connectivity index (χ4v) is 3.04. The van der Waals surface area contributed by atoms with Gasteiger partial charge in [-0.05, 0) is 26.9 Å². The average molecular weight is 239 g/mol. The van der Waals surface area contributed by atoms with Gasteiger partial charge in [-0.3, -0.25) is 4.79 Å². The van der Waals surface area contributed by atoms with Gasteiger partial charge in [0.25, 0.3) is 0 Å². The van der Waals surface area contributed by atoms with Crippen LogP contribution in [0.3, 0.4) is 0 Å². The lowest BCUT2D eigenvalue weighted by Gasteiger charge is -2.42. The van der Waals surface area contributed by atoms with Crippen molar-refractivity contribution < 1.29 is 4.79 Å². The molecule has 98 valence electrons. The van der Waals surface area contributed by atoms with Crippen molar-refractivity contribution >= 4 is 5.91 Å². The van der Waals surface area contributed by atoms with Gasteiger partial charge >= 0.3 is 0 Å². The van der Waals surface area contributed by atoms with Crippen LogP contribution in [0.4, 0.5) is 0 Å². The van der Waals surface area contributed by atoms with Gasteiger partial charge in [-0.2, -0.15) is 0 Å². The molecule has 0 aromatic carbocycles. The Morgan fingerprint density at radius 3 is 2.18 bits per heavy atom. The first-order valence-corrected chi connectivity index (χ1v) is 6.85. The van der Waals surface area contributed by atoms with Crippen molar-refractivity contribution in [1.82, 2.24) is 15.1 Å². The molecule has 1 N–H and O–H groups in total. The summed E-state index contributed by atoms with van der Waals surface area (Å²) < 4.78 is 0. The van der Waals surface area contributed by atoms with Crippen LogP contribution in [0, 0.1) is 0 Å². The highest BCUT2D eigenvalue weighted by atomic mass is 16.2. The SMILES string of the molecule is CNC1(C(=O)N2CCN(C)CC2)CCCCC1. The van der Waals surface area contributed by atoms with Crippen molar-refractivity contribution in [2.24, 2.45) is 0 Å². The Morgan fingerprint density at radius 1 is 1.06 bits per heavy atom. The van der Waals surface area contributed by atoms with Crippen molar-refractivity contribution in [3.05, 3.63) is 0 Å². The molecule has 4 nitrogen and oxygen atoms in total. The number of carbonyl (C=O) groups excluding carboxylic acids is 1. The zero-order chi connectivity index (χ0) is 12.3. The van der Waals surface area contributed by atoms with Crippen LogP contribution in [0.15, 0.2) is 0 Å². The summed E-state index contributed by atoms with van der Waals surface area (Å²) in [6.45, 7) is 3.79. The summed E-state index contributed by atoms with van der Waals surface area (Å²) in [5, 5.41) is 3.32. The Balaban J connectivity index is 2.01. The van der Waals surface area contributed by atoms with E-state index in [0.717, 1.165) is 39.0 Å². The molecule has 2 aliphatic rings. The Morgan fingerprint density at radius 2 is 1.65 bits per heavy atom. The molecule has 2 rings (SSSR count). The first-order valence-electron chi connectivity index (χ1n) is 6.85. The van der Waals surface area contributed by atoms with Gasteiger partial charge < -0.3 is 15.1 Å². The van der Waals surface area contributed by atoms with E-state index in [2.05, 4.69) is 22.2 Å². The molecule has 1 aliphatic carbocycles. The van der Waals surface area contributed by atoms with E-state index in [4.69, 9.17) is 0 Å². The van der Waals surface area contributed by atoms with Crippen molar-refractivity contribution in [2.45, 2.75) is 37.6 Å². The molecule has 1 saturated carbocycles. The number of nitrogens with zero attached hydrogens (tertiary/aromatic N) is 2. The number of amides is 1. The number of rotatable bonds is 2. The van der Waals surface area contributed by atoms with E-state index in [1.165, 1.54) is 19.3 Å². The molecule has 0 aromatic heterocycles. The molecule has 1 aliphatic heterocycles. The Bertz CT molecular complexity index is 266. The van der Waals surface area contributed by atoms with E-state index in [9.17, 15) is 4.79 Å². The number of carbonyl (C=O) groups is 1. The van der Waals surface area contributed by atoms with Crippen LogP contribution in [-0.2, 0) is 4.79 Å². The Hall–Kier alpha value is -0.610. The van der Waals surface area contributed by atoms with Gasteiger partial charge in [0.1, 0.15) is 0 Å². The second-order valence-corrected chi connectivity index (χ2v) is 5.49. The molecular formula is C13H25N3O. The number of nitrogens with one attached hydrogen (secondary N) is 1. The molecular weight excluding hydrogens is 214 g/mol. The average Bonchev–Trinajstić information content (AvgIpc) is 2.39. The van der Waals surface area contributed by atoms with E-state index in [1.807, 2.05) is 7.05 Å². The van der Waals surface area contributed by atoms with Crippen LogP contribution in [0.25, 0.3) is 0 Å². The molecule has 0 aromatic rings. The number of piperazine rings is 1. The summed E-state index contributed by atoms with van der Waals surface area (Å²) in [4.78, 5) is 17.0. The van der Waals surface area contributed by atoms with Crippen molar-refractivity contribution in [1.29, 1.82) is 0 Å². The summed E-state index contributed by atoms with van der Waals surface area (Å²) >= 11 is 0. The number of hydrogen-bond acceptors (Lipinski definition) is 3. The normalized spacial score (nSPS) is 25.9. The smallest absolute Gasteiger partial charge is 0.242 e. The third-order valence-electron chi connectivity index (χ3n) is 4.39. The molecule has 0 unspecified atom stereocenters. The van der Waals surface area contributed by atoms with Crippen LogP contribution in [0.1, 0.15) is 32.1 Å². The number of likely N-dealkylation sites (N-methyl/N-ethyl adjacent to an activating group) is 2. The largest absolute Gasteiger partial charge is 0.339 e. The van der Waals surface area contributed by atoms with Gasteiger partial charge in [0.15, 0.2) is 0 Å². The predicted molar refractivity (Wildman–Crippen MR) is 69.0 cm³/mol. The van der Waals surface area contributed by atoms with E-state index < -0.39 is 0 Å². The lowest BCUT2D eigenvalue weighted by molar-refractivity contribution is -0.141. The molecule has 1 saturated heterocycles. The van der Waals surface area contributed by atoms with Gasteiger partial charge in [0.2, 0.25) is 5.91 Å². The van der Waals surface area contributed by atoms with E-state index in [0.29, 0.717) is 5.91 Å². The zero-order valence-electron chi connectivity index (χ0n) is 11.2. The minimum Gasteiger partial charge on any atom is -0.339 e. The van der Waals surface area contributed by atoms with Crippen LogP contribution in [0.2, 0.25) is 0 Å². The third-order valence-corrected chi connectivity index (χ3v) is 4.39. The fourth-order valence-electron chi connectivity index (χ4n) is 3.04. The minimum atomic E-state index is -0.256. The van der Waals surface area contributed by atoms with Crippen LogP contribution < -0.4 is 5.32 Å².